The number of hydrogen-bond donors (Lipinski definition) is 1. The first-order valence-electron chi connectivity index (χ1n) is 12.6. The summed E-state index contributed by atoms with van der Waals surface area (Å²) < 4.78 is 22.0. The normalized spacial score (nSPS) is 21.3. The Balaban J connectivity index is 1.60. The topological polar surface area (TPSA) is 74.2 Å². The third-order valence-electron chi connectivity index (χ3n) is 6.51. The first-order valence-corrected chi connectivity index (χ1v) is 12.6. The fourth-order valence-electron chi connectivity index (χ4n) is 4.66. The molecule has 1 aliphatic carbocycles. The van der Waals surface area contributed by atoms with Crippen LogP contribution in [-0.4, -0.2) is 31.5 Å². The molecule has 0 bridgehead atoms. The van der Waals surface area contributed by atoms with Gasteiger partial charge in [0.25, 0.3) is 0 Å². The highest BCUT2D eigenvalue weighted by Gasteiger charge is 2.34. The predicted octanol–water partition coefficient (Wildman–Crippen LogP) is 6.11. The number of carbonyl (C=O) groups excluding carboxylic acids is 1. The maximum Gasteiger partial charge on any atom is 0.787 e. The number of methoxy groups -OCH3 is 1. The van der Waals surface area contributed by atoms with Crippen molar-refractivity contribution in [2.45, 2.75) is 109 Å². The summed E-state index contributed by atoms with van der Waals surface area (Å²) in [5.41, 5.74) is 1.02. The van der Waals surface area contributed by atoms with E-state index in [4.69, 9.17) is 18.8 Å². The summed E-state index contributed by atoms with van der Waals surface area (Å²) in [5.74, 6) is -0.308. The molecule has 1 unspecified atom stereocenters. The van der Waals surface area contributed by atoms with Crippen LogP contribution in [0.5, 0.6) is 5.75 Å². The number of ether oxygens (including phenoxy) is 2. The van der Waals surface area contributed by atoms with Crippen LogP contribution in [0.1, 0.15) is 119 Å². The summed E-state index contributed by atoms with van der Waals surface area (Å²) in [6.07, 6.45) is 18.7. The maximum atomic E-state index is 12.1. The Bertz CT molecular complexity index is 681. The van der Waals surface area contributed by atoms with Gasteiger partial charge in [-0.05, 0) is 25.0 Å². The first kappa shape index (κ1) is 25.1. The smallest absolute Gasteiger partial charge is 0.500 e. The van der Waals surface area contributed by atoms with Crippen molar-refractivity contribution in [2.24, 2.45) is 0 Å². The van der Waals surface area contributed by atoms with Gasteiger partial charge in [0.05, 0.1) is 11.7 Å². The van der Waals surface area contributed by atoms with Gasteiger partial charge in [-0.1, -0.05) is 89.5 Å². The van der Waals surface area contributed by atoms with Crippen molar-refractivity contribution in [3.8, 4) is 5.75 Å². The lowest BCUT2D eigenvalue weighted by atomic mass is 9.99. The minimum absolute atomic E-state index is 0.133. The highest BCUT2D eigenvalue weighted by Crippen LogP contribution is 2.31. The van der Waals surface area contributed by atoms with Crippen LogP contribution in [0, 0.1) is 0 Å². The van der Waals surface area contributed by atoms with Gasteiger partial charge in [-0.15, -0.1) is 0 Å². The van der Waals surface area contributed by atoms with Gasteiger partial charge in [0.15, 0.2) is 6.29 Å². The van der Waals surface area contributed by atoms with Crippen LogP contribution in [0.15, 0.2) is 18.2 Å². The number of fused-ring (bicyclic) bond motifs is 1. The summed E-state index contributed by atoms with van der Waals surface area (Å²) in [6, 6.07) is 5.14. The minimum Gasteiger partial charge on any atom is -0.500 e. The van der Waals surface area contributed by atoms with Crippen LogP contribution in [-0.2, 0) is 14.1 Å². The predicted molar refractivity (Wildman–Crippen MR) is 124 cm³/mol. The third-order valence-corrected chi connectivity index (χ3v) is 6.51. The lowest BCUT2D eigenvalue weighted by molar-refractivity contribution is -0.163. The molecule has 1 fully saturated rings. The molecule has 1 saturated carbocycles. The molecule has 0 saturated heterocycles. The van der Waals surface area contributed by atoms with E-state index in [1.807, 2.05) is 6.07 Å². The van der Waals surface area contributed by atoms with Crippen molar-refractivity contribution in [2.75, 3.05) is 7.11 Å². The largest absolute Gasteiger partial charge is 0.787 e. The van der Waals surface area contributed by atoms with Crippen molar-refractivity contribution in [3.05, 3.63) is 29.3 Å². The van der Waals surface area contributed by atoms with Gasteiger partial charge in [-0.3, -0.25) is 0 Å². The summed E-state index contributed by atoms with van der Waals surface area (Å²) in [4.78, 5) is 12.1. The first-order chi connectivity index (χ1) is 15.7. The van der Waals surface area contributed by atoms with Crippen LogP contribution in [0.2, 0.25) is 0 Å². The molecule has 0 aromatic heterocycles. The molecular weight excluding hydrogens is 407 g/mol. The summed E-state index contributed by atoms with van der Waals surface area (Å²) in [6.45, 7) is 0. The summed E-state index contributed by atoms with van der Waals surface area (Å²) >= 11 is 0. The van der Waals surface area contributed by atoms with Crippen LogP contribution < -0.4 is 4.65 Å². The summed E-state index contributed by atoms with van der Waals surface area (Å²) in [7, 11) is 0.0619. The van der Waals surface area contributed by atoms with Crippen molar-refractivity contribution in [3.63, 3.8) is 0 Å². The molecule has 1 aromatic rings. The highest BCUT2D eigenvalue weighted by atomic mass is 16.7. The van der Waals surface area contributed by atoms with Crippen LogP contribution in [0.3, 0.4) is 0 Å². The van der Waals surface area contributed by atoms with Gasteiger partial charge in [0.2, 0.25) is 0 Å². The van der Waals surface area contributed by atoms with E-state index in [2.05, 4.69) is 0 Å². The SMILES string of the molecule is COC(OC1CCCCCCCCCCCCCCC1)c1ccc2c(c1)C(=O)OB(O)O2. The van der Waals surface area contributed by atoms with Crippen LogP contribution in [0.25, 0.3) is 0 Å². The molecule has 1 atom stereocenters. The number of benzene rings is 1. The Morgan fingerprint density at radius 1 is 0.875 bits per heavy atom. The van der Waals surface area contributed by atoms with Gasteiger partial charge in [-0.25, -0.2) is 4.79 Å². The number of hydrogen-bond acceptors (Lipinski definition) is 6. The van der Waals surface area contributed by atoms with Gasteiger partial charge < -0.3 is 23.8 Å². The van der Waals surface area contributed by atoms with Crippen LogP contribution >= 0.6 is 0 Å². The zero-order valence-electron chi connectivity index (χ0n) is 19.6. The highest BCUT2D eigenvalue weighted by molar-refractivity contribution is 6.40. The van der Waals surface area contributed by atoms with Gasteiger partial charge in [-0.2, -0.15) is 0 Å². The van der Waals surface area contributed by atoms with E-state index in [1.54, 1.807) is 19.2 Å². The molecule has 1 heterocycles. The molecule has 2 aliphatic rings. The van der Waals surface area contributed by atoms with Crippen LogP contribution in [0.4, 0.5) is 0 Å². The minimum atomic E-state index is -1.56. The van der Waals surface area contributed by atoms with Crippen molar-refractivity contribution in [1.29, 1.82) is 0 Å². The Labute approximate surface area is 193 Å². The van der Waals surface area contributed by atoms with Gasteiger partial charge >= 0.3 is 13.3 Å². The second-order valence-electron chi connectivity index (χ2n) is 9.09. The fraction of sp³-hybridized carbons (Fsp3) is 0.720. The second kappa shape index (κ2) is 13.9. The van der Waals surface area contributed by atoms with E-state index in [0.717, 1.165) is 18.4 Å². The Hall–Kier alpha value is -1.57. The molecule has 0 spiro atoms. The molecule has 1 aromatic carbocycles. The van der Waals surface area contributed by atoms with Gasteiger partial charge in [0.1, 0.15) is 5.75 Å². The third kappa shape index (κ3) is 8.09. The summed E-state index contributed by atoms with van der Waals surface area (Å²) in [5, 5.41) is 9.45. The Morgan fingerprint density at radius 3 is 1.94 bits per heavy atom. The van der Waals surface area contributed by atoms with Crippen molar-refractivity contribution in [1.82, 2.24) is 0 Å². The Kier molecular flexibility index (Phi) is 10.9. The average molecular weight is 446 g/mol. The molecule has 1 aliphatic heterocycles. The molecule has 7 heteroatoms. The second-order valence-corrected chi connectivity index (χ2v) is 9.09. The van der Waals surface area contributed by atoms with E-state index < -0.39 is 19.6 Å². The van der Waals surface area contributed by atoms with Gasteiger partial charge in [0, 0.05) is 12.7 Å². The number of rotatable bonds is 4. The lowest BCUT2D eigenvalue weighted by Crippen LogP contribution is -2.34. The zero-order chi connectivity index (χ0) is 22.6. The fourth-order valence-corrected chi connectivity index (χ4v) is 4.66. The molecule has 32 heavy (non-hydrogen) atoms. The van der Waals surface area contributed by atoms with Crippen molar-refractivity contribution < 1.29 is 28.6 Å². The molecule has 6 nitrogen and oxygen atoms in total. The molecule has 0 radical (unpaired) electrons. The Morgan fingerprint density at radius 2 is 1.41 bits per heavy atom. The molecular formula is C25H39BO6. The standard InChI is InChI=1S/C25H39BO6/c1-29-25(20-17-18-23-22(19-20)24(27)32-26(28)31-23)30-21-15-13-11-9-7-5-3-2-4-6-8-10-12-14-16-21/h17-19,21,25,28H,2-16H2,1H3. The lowest BCUT2D eigenvalue weighted by Gasteiger charge is -2.26. The monoisotopic (exact) mass is 446 g/mol. The van der Waals surface area contributed by atoms with E-state index in [-0.39, 0.29) is 11.7 Å². The molecule has 178 valence electrons. The quantitative estimate of drug-likeness (QED) is 0.445. The van der Waals surface area contributed by atoms with E-state index in [0.29, 0.717) is 5.75 Å². The molecule has 1 N–H and O–H groups in total. The molecule has 0 amide bonds. The molecule has 3 rings (SSSR count). The zero-order valence-corrected chi connectivity index (χ0v) is 19.6. The van der Waals surface area contributed by atoms with E-state index >= 15 is 0 Å². The van der Waals surface area contributed by atoms with Crippen molar-refractivity contribution >= 4 is 13.3 Å². The maximum absolute atomic E-state index is 12.1. The van der Waals surface area contributed by atoms with E-state index in [1.165, 1.54) is 83.5 Å². The van der Waals surface area contributed by atoms with E-state index in [9.17, 15) is 9.82 Å². The average Bonchev–Trinajstić information content (AvgIpc) is 2.78. The number of carbonyl (C=O) groups is 1.